The summed E-state index contributed by atoms with van der Waals surface area (Å²) in [6, 6.07) is 6.95. The minimum absolute atomic E-state index is 0.769. The highest BCUT2D eigenvalue weighted by atomic mass is 16.5. The van der Waals surface area contributed by atoms with Gasteiger partial charge >= 0.3 is 0 Å². The highest BCUT2D eigenvalue weighted by Gasteiger charge is 2.34. The Morgan fingerprint density at radius 2 is 2.00 bits per heavy atom. The summed E-state index contributed by atoms with van der Waals surface area (Å²) in [5.74, 6) is 1.89. The molecule has 1 aromatic rings. The standard InChI is InChI=1S/C18H28N4O/c1-2-6-19-18(5-1)22-9-7-21(8-10-22)17-13-20(14-17)12-16-4-3-11-23-15-16/h1-2,5-6,16-17H,3-4,7-15H2. The van der Waals surface area contributed by atoms with Gasteiger partial charge in [0, 0.05) is 64.7 Å². The summed E-state index contributed by atoms with van der Waals surface area (Å²) in [6.45, 7) is 10.2. The van der Waals surface area contributed by atoms with Crippen LogP contribution in [0.5, 0.6) is 0 Å². The van der Waals surface area contributed by atoms with Crippen LogP contribution < -0.4 is 4.90 Å². The SMILES string of the molecule is c1ccc(N2CCN(C3CN(CC4CCCOC4)C3)CC2)nc1. The summed E-state index contributed by atoms with van der Waals surface area (Å²) in [5.41, 5.74) is 0. The maximum atomic E-state index is 5.60. The van der Waals surface area contributed by atoms with Gasteiger partial charge in [0.1, 0.15) is 5.82 Å². The number of anilines is 1. The number of ether oxygens (including phenoxy) is 1. The number of rotatable bonds is 4. The zero-order chi connectivity index (χ0) is 15.5. The molecule has 0 aromatic carbocycles. The first kappa shape index (κ1) is 15.4. The molecule has 3 aliphatic heterocycles. The Morgan fingerprint density at radius 1 is 1.13 bits per heavy atom. The van der Waals surface area contributed by atoms with Crippen molar-refractivity contribution in [2.75, 3.05) is 63.9 Å². The molecule has 3 aliphatic rings. The fourth-order valence-electron chi connectivity index (χ4n) is 4.10. The van der Waals surface area contributed by atoms with Crippen molar-refractivity contribution < 1.29 is 4.74 Å². The van der Waals surface area contributed by atoms with Crippen LogP contribution in [0.3, 0.4) is 0 Å². The first-order chi connectivity index (χ1) is 11.4. The van der Waals surface area contributed by atoms with Gasteiger partial charge in [0.05, 0.1) is 6.61 Å². The second-order valence-electron chi connectivity index (χ2n) is 7.17. The molecule has 1 aromatic heterocycles. The third-order valence-corrected chi connectivity index (χ3v) is 5.51. The van der Waals surface area contributed by atoms with Crippen molar-refractivity contribution in [1.82, 2.24) is 14.8 Å². The van der Waals surface area contributed by atoms with Crippen molar-refractivity contribution in [3.05, 3.63) is 24.4 Å². The van der Waals surface area contributed by atoms with E-state index in [0.717, 1.165) is 44.1 Å². The Morgan fingerprint density at radius 3 is 2.70 bits per heavy atom. The molecule has 0 spiro atoms. The quantitative estimate of drug-likeness (QED) is 0.836. The lowest BCUT2D eigenvalue weighted by Crippen LogP contribution is -2.63. The van der Waals surface area contributed by atoms with Crippen molar-refractivity contribution >= 4 is 5.82 Å². The molecule has 0 bridgehead atoms. The van der Waals surface area contributed by atoms with E-state index in [2.05, 4.69) is 31.8 Å². The number of piperazine rings is 1. The van der Waals surface area contributed by atoms with Crippen LogP contribution in [-0.2, 0) is 4.74 Å². The van der Waals surface area contributed by atoms with Crippen molar-refractivity contribution in [1.29, 1.82) is 0 Å². The lowest BCUT2D eigenvalue weighted by Gasteiger charge is -2.49. The van der Waals surface area contributed by atoms with E-state index < -0.39 is 0 Å². The van der Waals surface area contributed by atoms with Gasteiger partial charge in [-0.25, -0.2) is 4.98 Å². The third kappa shape index (κ3) is 3.67. The van der Waals surface area contributed by atoms with Crippen molar-refractivity contribution in [2.45, 2.75) is 18.9 Å². The minimum Gasteiger partial charge on any atom is -0.381 e. The first-order valence-electron chi connectivity index (χ1n) is 9.08. The Hall–Kier alpha value is -1.17. The van der Waals surface area contributed by atoms with Crippen LogP contribution in [-0.4, -0.2) is 79.9 Å². The molecule has 5 heteroatoms. The topological polar surface area (TPSA) is 31.8 Å². The van der Waals surface area contributed by atoms with E-state index in [1.165, 1.54) is 45.6 Å². The number of nitrogens with zero attached hydrogens (tertiary/aromatic N) is 4. The molecular weight excluding hydrogens is 288 g/mol. The van der Waals surface area contributed by atoms with Crippen molar-refractivity contribution in [3.63, 3.8) is 0 Å². The molecule has 0 N–H and O–H groups in total. The second-order valence-corrected chi connectivity index (χ2v) is 7.17. The molecule has 0 aliphatic carbocycles. The van der Waals surface area contributed by atoms with E-state index in [1.807, 2.05) is 12.3 Å². The van der Waals surface area contributed by atoms with E-state index in [9.17, 15) is 0 Å². The maximum Gasteiger partial charge on any atom is 0.128 e. The number of pyridine rings is 1. The van der Waals surface area contributed by atoms with Crippen LogP contribution in [0.15, 0.2) is 24.4 Å². The molecule has 1 atom stereocenters. The molecule has 5 nitrogen and oxygen atoms in total. The van der Waals surface area contributed by atoms with Gasteiger partial charge in [-0.15, -0.1) is 0 Å². The Bertz CT molecular complexity index is 477. The average Bonchev–Trinajstić information content (AvgIpc) is 2.60. The second kappa shape index (κ2) is 7.16. The summed E-state index contributed by atoms with van der Waals surface area (Å²) in [7, 11) is 0. The normalized spacial score (nSPS) is 27.8. The Labute approximate surface area is 139 Å². The van der Waals surface area contributed by atoms with Crippen molar-refractivity contribution in [2.24, 2.45) is 5.92 Å². The van der Waals surface area contributed by atoms with Gasteiger partial charge in [-0.2, -0.15) is 0 Å². The van der Waals surface area contributed by atoms with E-state index in [-0.39, 0.29) is 0 Å². The molecule has 1 unspecified atom stereocenters. The van der Waals surface area contributed by atoms with E-state index in [4.69, 9.17) is 4.74 Å². The fraction of sp³-hybridized carbons (Fsp3) is 0.722. The molecule has 0 saturated carbocycles. The third-order valence-electron chi connectivity index (χ3n) is 5.51. The molecule has 0 amide bonds. The zero-order valence-corrected chi connectivity index (χ0v) is 13.9. The smallest absolute Gasteiger partial charge is 0.128 e. The summed E-state index contributed by atoms with van der Waals surface area (Å²) >= 11 is 0. The lowest BCUT2D eigenvalue weighted by atomic mass is 9.98. The summed E-state index contributed by atoms with van der Waals surface area (Å²) in [6.07, 6.45) is 4.49. The van der Waals surface area contributed by atoms with Crippen molar-refractivity contribution in [3.8, 4) is 0 Å². The molecular formula is C18H28N4O. The zero-order valence-electron chi connectivity index (χ0n) is 13.9. The number of aromatic nitrogens is 1. The molecule has 126 valence electrons. The number of hydrogen-bond acceptors (Lipinski definition) is 5. The monoisotopic (exact) mass is 316 g/mol. The molecule has 23 heavy (non-hydrogen) atoms. The summed E-state index contributed by atoms with van der Waals surface area (Å²) in [4.78, 5) is 12.2. The molecule has 3 saturated heterocycles. The number of likely N-dealkylation sites (tertiary alicyclic amines) is 1. The van der Waals surface area contributed by atoms with Crippen LogP contribution in [0.2, 0.25) is 0 Å². The summed E-state index contributed by atoms with van der Waals surface area (Å²) < 4.78 is 5.60. The van der Waals surface area contributed by atoms with Crippen LogP contribution in [0, 0.1) is 5.92 Å². The van der Waals surface area contributed by atoms with Gasteiger partial charge in [0.15, 0.2) is 0 Å². The predicted octanol–water partition coefficient (Wildman–Crippen LogP) is 1.31. The van der Waals surface area contributed by atoms with Gasteiger partial charge in [-0.1, -0.05) is 6.07 Å². The van der Waals surface area contributed by atoms with Gasteiger partial charge in [0.25, 0.3) is 0 Å². The Balaban J connectivity index is 1.19. The Kier molecular flexibility index (Phi) is 4.78. The van der Waals surface area contributed by atoms with Gasteiger partial charge in [0.2, 0.25) is 0 Å². The summed E-state index contributed by atoms with van der Waals surface area (Å²) in [5, 5.41) is 0. The van der Waals surface area contributed by atoms with E-state index in [1.54, 1.807) is 0 Å². The molecule has 3 fully saturated rings. The van der Waals surface area contributed by atoms with Crippen LogP contribution in [0.1, 0.15) is 12.8 Å². The fourth-order valence-corrected chi connectivity index (χ4v) is 4.10. The molecule has 0 radical (unpaired) electrons. The largest absolute Gasteiger partial charge is 0.381 e. The predicted molar refractivity (Wildman–Crippen MR) is 91.8 cm³/mol. The van der Waals surface area contributed by atoms with E-state index >= 15 is 0 Å². The van der Waals surface area contributed by atoms with E-state index in [0.29, 0.717) is 0 Å². The van der Waals surface area contributed by atoms with Gasteiger partial charge in [-0.05, 0) is 30.9 Å². The molecule has 4 rings (SSSR count). The highest BCUT2D eigenvalue weighted by Crippen LogP contribution is 2.22. The number of hydrogen-bond donors (Lipinski definition) is 0. The van der Waals surface area contributed by atoms with Crippen LogP contribution in [0.4, 0.5) is 5.82 Å². The first-order valence-corrected chi connectivity index (χ1v) is 9.08. The highest BCUT2D eigenvalue weighted by molar-refractivity contribution is 5.38. The lowest BCUT2D eigenvalue weighted by molar-refractivity contribution is -0.00944. The van der Waals surface area contributed by atoms with Gasteiger partial charge in [-0.3, -0.25) is 9.80 Å². The minimum atomic E-state index is 0.769. The molecule has 4 heterocycles. The van der Waals surface area contributed by atoms with Gasteiger partial charge < -0.3 is 9.64 Å². The maximum absolute atomic E-state index is 5.60. The van der Waals surface area contributed by atoms with Crippen LogP contribution >= 0.6 is 0 Å². The van der Waals surface area contributed by atoms with Crippen LogP contribution in [0.25, 0.3) is 0 Å². The average molecular weight is 316 g/mol.